The van der Waals surface area contributed by atoms with Gasteiger partial charge in [0.25, 0.3) is 0 Å². The van der Waals surface area contributed by atoms with Gasteiger partial charge in [-0.25, -0.2) is 0 Å². The van der Waals surface area contributed by atoms with E-state index in [1.165, 1.54) is 84.0 Å². The highest BCUT2D eigenvalue weighted by molar-refractivity contribution is 5.11. The monoisotopic (exact) mass is 314 g/mol. The molecule has 128 valence electrons. The van der Waals surface area contributed by atoms with Gasteiger partial charge in [-0.2, -0.15) is 0 Å². The predicted molar refractivity (Wildman–Crippen MR) is 95.4 cm³/mol. The molecule has 2 saturated carbocycles. The predicted octanol–water partition coefficient (Wildman–Crippen LogP) is 3.93. The lowest BCUT2D eigenvalue weighted by molar-refractivity contribution is -0.00913. The second-order valence-corrected chi connectivity index (χ2v) is 9.17. The van der Waals surface area contributed by atoms with Crippen LogP contribution in [0.3, 0.4) is 0 Å². The van der Waals surface area contributed by atoms with Gasteiger partial charge in [-0.15, -0.1) is 0 Å². The van der Waals surface area contributed by atoms with Crippen molar-refractivity contribution in [1.29, 1.82) is 0 Å². The maximum Gasteiger partial charge on any atom is 0.0280 e. The Morgan fingerprint density at radius 3 is 2.52 bits per heavy atom. The average Bonchev–Trinajstić information content (AvgIpc) is 3.31. The summed E-state index contributed by atoms with van der Waals surface area (Å²) >= 11 is 0. The second-order valence-electron chi connectivity index (χ2n) is 9.17. The van der Waals surface area contributed by atoms with E-state index in [1.807, 2.05) is 0 Å². The van der Waals surface area contributed by atoms with Gasteiger partial charge in [0.2, 0.25) is 0 Å². The summed E-state index contributed by atoms with van der Waals surface area (Å²) in [5, 5.41) is 0. The molecule has 0 aromatic heterocycles. The maximum atomic E-state index is 3.00. The fourth-order valence-electron chi connectivity index (χ4n) is 6.87. The minimum Gasteiger partial charge on any atom is -0.298 e. The second kappa shape index (κ2) is 6.19. The molecule has 5 atom stereocenters. The smallest absolute Gasteiger partial charge is 0.0280 e. The number of rotatable bonds is 3. The minimum atomic E-state index is 0.898. The third kappa shape index (κ3) is 2.70. The number of hydrogen-bond donors (Lipinski definition) is 0. The molecule has 0 radical (unpaired) electrons. The van der Waals surface area contributed by atoms with Crippen molar-refractivity contribution < 1.29 is 0 Å². The van der Waals surface area contributed by atoms with Gasteiger partial charge in [-0.05, 0) is 68.7 Å². The highest BCUT2D eigenvalue weighted by atomic mass is 15.3. The van der Waals surface area contributed by atoms with Gasteiger partial charge in [0.15, 0.2) is 0 Å². The number of nitrogens with zero attached hydrogens (tertiary/aromatic N) is 2. The maximum absolute atomic E-state index is 3.00. The summed E-state index contributed by atoms with van der Waals surface area (Å²) in [4.78, 5) is 5.86. The standard InChI is InChI=1S/C21H34N2/c1-2-5-17(6-3-1)21-20-7-4-10-22(20)11-12-23(21)15-19-14-16-8-9-18(19)13-16/h8-9,16-21H,1-7,10-15H2/t16-,18-,19+,20+,21-/m0/s1. The van der Waals surface area contributed by atoms with Crippen LogP contribution in [-0.4, -0.2) is 48.1 Å². The van der Waals surface area contributed by atoms with Crippen LogP contribution in [-0.2, 0) is 0 Å². The van der Waals surface area contributed by atoms with Crippen molar-refractivity contribution in [3.63, 3.8) is 0 Å². The lowest BCUT2D eigenvalue weighted by Gasteiger charge is -2.50. The molecule has 0 amide bonds. The summed E-state index contributed by atoms with van der Waals surface area (Å²) in [6.45, 7) is 5.51. The molecule has 5 rings (SSSR count). The van der Waals surface area contributed by atoms with E-state index < -0.39 is 0 Å². The zero-order chi connectivity index (χ0) is 15.2. The van der Waals surface area contributed by atoms with Gasteiger partial charge in [-0.1, -0.05) is 31.4 Å². The average molecular weight is 315 g/mol. The summed E-state index contributed by atoms with van der Waals surface area (Å²) in [5.74, 6) is 3.84. The first-order chi connectivity index (χ1) is 11.4. The summed E-state index contributed by atoms with van der Waals surface area (Å²) in [7, 11) is 0. The van der Waals surface area contributed by atoms with E-state index in [-0.39, 0.29) is 0 Å². The molecular weight excluding hydrogens is 280 g/mol. The summed E-state index contributed by atoms with van der Waals surface area (Å²) in [5.41, 5.74) is 0. The first-order valence-electron chi connectivity index (χ1n) is 10.5. The van der Waals surface area contributed by atoms with Crippen LogP contribution in [0, 0.1) is 23.7 Å². The van der Waals surface area contributed by atoms with Gasteiger partial charge in [0, 0.05) is 31.7 Å². The Balaban J connectivity index is 1.33. The van der Waals surface area contributed by atoms with Crippen molar-refractivity contribution in [2.45, 2.75) is 69.9 Å². The lowest BCUT2D eigenvalue weighted by Crippen LogP contribution is -2.61. The van der Waals surface area contributed by atoms with Gasteiger partial charge in [0.05, 0.1) is 0 Å². The summed E-state index contributed by atoms with van der Waals surface area (Å²) in [6, 6.07) is 1.80. The van der Waals surface area contributed by atoms with Crippen LogP contribution in [0.5, 0.6) is 0 Å². The largest absolute Gasteiger partial charge is 0.298 e. The SMILES string of the molecule is C1=C[C@H]2C[C@H]1C[C@@H]2CN1CCN2CCC[C@@H]2[C@@H]1C1CCCCC1. The highest BCUT2D eigenvalue weighted by Crippen LogP contribution is 2.45. The first-order valence-corrected chi connectivity index (χ1v) is 10.5. The molecule has 2 nitrogen and oxygen atoms in total. The topological polar surface area (TPSA) is 6.48 Å². The van der Waals surface area contributed by atoms with Crippen molar-refractivity contribution in [3.8, 4) is 0 Å². The Labute approximate surface area is 142 Å². The van der Waals surface area contributed by atoms with Gasteiger partial charge < -0.3 is 0 Å². The fourth-order valence-corrected chi connectivity index (χ4v) is 6.87. The van der Waals surface area contributed by atoms with E-state index >= 15 is 0 Å². The summed E-state index contributed by atoms with van der Waals surface area (Å²) < 4.78 is 0. The number of fused-ring (bicyclic) bond motifs is 3. The van der Waals surface area contributed by atoms with Crippen LogP contribution in [0.25, 0.3) is 0 Å². The molecular formula is C21H34N2. The first kappa shape index (κ1) is 15.0. The molecule has 4 fully saturated rings. The molecule has 2 heterocycles. The third-order valence-electron chi connectivity index (χ3n) is 7.92. The zero-order valence-corrected chi connectivity index (χ0v) is 14.7. The molecule has 2 aliphatic heterocycles. The van der Waals surface area contributed by atoms with Crippen molar-refractivity contribution >= 4 is 0 Å². The number of allylic oxidation sites excluding steroid dienone is 2. The van der Waals surface area contributed by atoms with E-state index in [9.17, 15) is 0 Å². The van der Waals surface area contributed by atoms with E-state index in [2.05, 4.69) is 22.0 Å². The third-order valence-corrected chi connectivity index (χ3v) is 7.92. The molecule has 0 unspecified atom stereocenters. The van der Waals surface area contributed by atoms with Crippen LogP contribution in [0.2, 0.25) is 0 Å². The van der Waals surface area contributed by atoms with Crippen LogP contribution >= 0.6 is 0 Å². The molecule has 0 aromatic carbocycles. The molecule has 2 saturated heterocycles. The van der Waals surface area contributed by atoms with Crippen LogP contribution in [0.15, 0.2) is 12.2 Å². The van der Waals surface area contributed by atoms with E-state index in [1.54, 1.807) is 0 Å². The Kier molecular flexibility index (Phi) is 4.02. The van der Waals surface area contributed by atoms with Crippen molar-refractivity contribution in [2.24, 2.45) is 23.7 Å². The van der Waals surface area contributed by atoms with Gasteiger partial charge in [0.1, 0.15) is 0 Å². The van der Waals surface area contributed by atoms with Crippen molar-refractivity contribution in [1.82, 2.24) is 9.80 Å². The quantitative estimate of drug-likeness (QED) is 0.728. The normalized spacial score (nSPS) is 45.0. The molecule has 2 heteroatoms. The molecule has 0 aromatic rings. The van der Waals surface area contributed by atoms with Crippen LogP contribution < -0.4 is 0 Å². The Morgan fingerprint density at radius 2 is 1.74 bits per heavy atom. The highest BCUT2D eigenvalue weighted by Gasteiger charge is 2.45. The number of piperazine rings is 1. The van der Waals surface area contributed by atoms with Crippen LogP contribution in [0.4, 0.5) is 0 Å². The molecule has 5 aliphatic rings. The minimum absolute atomic E-state index is 0.898. The van der Waals surface area contributed by atoms with Gasteiger partial charge in [-0.3, -0.25) is 9.80 Å². The van der Waals surface area contributed by atoms with E-state index in [0.717, 1.165) is 35.8 Å². The molecule has 23 heavy (non-hydrogen) atoms. The molecule has 2 bridgehead atoms. The molecule has 3 aliphatic carbocycles. The van der Waals surface area contributed by atoms with Crippen LogP contribution in [0.1, 0.15) is 57.8 Å². The van der Waals surface area contributed by atoms with Gasteiger partial charge >= 0.3 is 0 Å². The zero-order valence-electron chi connectivity index (χ0n) is 14.7. The Morgan fingerprint density at radius 1 is 0.826 bits per heavy atom. The van der Waals surface area contributed by atoms with E-state index in [4.69, 9.17) is 0 Å². The molecule has 0 spiro atoms. The molecule has 0 N–H and O–H groups in total. The Hall–Kier alpha value is -0.340. The van der Waals surface area contributed by atoms with Crippen molar-refractivity contribution in [3.05, 3.63) is 12.2 Å². The fraction of sp³-hybridized carbons (Fsp3) is 0.905. The van der Waals surface area contributed by atoms with E-state index in [0.29, 0.717) is 0 Å². The summed E-state index contributed by atoms with van der Waals surface area (Å²) in [6.07, 6.45) is 18.5. The number of hydrogen-bond acceptors (Lipinski definition) is 2. The van der Waals surface area contributed by atoms with Crippen molar-refractivity contribution in [2.75, 3.05) is 26.2 Å². The lowest BCUT2D eigenvalue weighted by atomic mass is 9.78. The Bertz CT molecular complexity index is 453.